The molecule has 196 valence electrons. The van der Waals surface area contributed by atoms with E-state index in [0.29, 0.717) is 29.9 Å². The zero-order valence-electron chi connectivity index (χ0n) is 20.6. The van der Waals surface area contributed by atoms with Gasteiger partial charge >= 0.3 is 0 Å². The minimum atomic E-state index is -2.72. The van der Waals surface area contributed by atoms with Crippen LogP contribution in [-0.4, -0.2) is 42.6 Å². The van der Waals surface area contributed by atoms with E-state index in [1.165, 1.54) is 0 Å². The van der Waals surface area contributed by atoms with Crippen molar-refractivity contribution in [1.82, 2.24) is 35.5 Å². The molecule has 0 bridgehead atoms. The molecular formula is C24H28F2N8O3. The highest BCUT2D eigenvalue weighted by molar-refractivity contribution is 5.93. The number of carbonyl (C=O) groups excluding carboxylic acids is 2. The number of hydrogen-bond acceptors (Lipinski definition) is 8. The molecule has 0 unspecified atom stereocenters. The highest BCUT2D eigenvalue weighted by Crippen LogP contribution is 2.41. The molecule has 1 saturated carbocycles. The standard InChI is InChI=1S/C24H28F2N8O3/c1-14(29-20(35)5-3-4-10-27)17-11-19-30-18(13-34(19)28-12-17)22(16-6-8-24(25,26)9-7-16)31-23(36)21-15(2)32-37-33-21/h11-14,16,22H,3-9H2,1-2H3,(H,29,35)(H,31,36)/t14-,22+/m1/s1. The summed E-state index contributed by atoms with van der Waals surface area (Å²) in [4.78, 5) is 29.7. The molecule has 1 fully saturated rings. The Morgan fingerprint density at radius 2 is 2.05 bits per heavy atom. The number of nitrogens with one attached hydrogen (secondary N) is 2. The third kappa shape index (κ3) is 6.25. The lowest BCUT2D eigenvalue weighted by Crippen LogP contribution is -2.37. The largest absolute Gasteiger partial charge is 0.350 e. The summed E-state index contributed by atoms with van der Waals surface area (Å²) in [7, 11) is 0. The second-order valence-corrected chi connectivity index (χ2v) is 9.40. The molecule has 0 aromatic carbocycles. The zero-order chi connectivity index (χ0) is 26.6. The zero-order valence-corrected chi connectivity index (χ0v) is 20.6. The molecule has 3 aromatic heterocycles. The molecule has 0 spiro atoms. The van der Waals surface area contributed by atoms with Crippen LogP contribution in [-0.2, 0) is 4.79 Å². The van der Waals surface area contributed by atoms with Crippen LogP contribution in [0.25, 0.3) is 5.65 Å². The number of alkyl halides is 2. The summed E-state index contributed by atoms with van der Waals surface area (Å²) in [6.07, 6.45) is 4.23. The molecule has 2 N–H and O–H groups in total. The van der Waals surface area contributed by atoms with E-state index in [9.17, 15) is 18.4 Å². The van der Waals surface area contributed by atoms with Crippen molar-refractivity contribution in [2.24, 2.45) is 5.92 Å². The van der Waals surface area contributed by atoms with Gasteiger partial charge in [-0.15, -0.1) is 0 Å². The maximum absolute atomic E-state index is 13.9. The molecule has 3 aromatic rings. The Bertz CT molecular complexity index is 1300. The number of amides is 2. The van der Waals surface area contributed by atoms with Crippen LogP contribution in [0, 0.1) is 24.2 Å². The molecule has 3 heterocycles. The van der Waals surface area contributed by atoms with Crippen molar-refractivity contribution in [1.29, 1.82) is 5.26 Å². The first-order valence-electron chi connectivity index (χ1n) is 12.2. The first-order chi connectivity index (χ1) is 17.7. The number of nitrogens with zero attached hydrogens (tertiary/aromatic N) is 6. The molecule has 2 atom stereocenters. The van der Waals surface area contributed by atoms with Crippen molar-refractivity contribution in [2.75, 3.05) is 0 Å². The summed E-state index contributed by atoms with van der Waals surface area (Å²) in [6.45, 7) is 3.40. The van der Waals surface area contributed by atoms with Crippen LogP contribution < -0.4 is 10.6 Å². The Balaban J connectivity index is 1.56. The predicted octanol–water partition coefficient (Wildman–Crippen LogP) is 3.59. The second kappa shape index (κ2) is 11.0. The number of rotatable bonds is 9. The second-order valence-electron chi connectivity index (χ2n) is 9.40. The average molecular weight is 515 g/mol. The maximum Gasteiger partial charge on any atom is 0.276 e. The van der Waals surface area contributed by atoms with Crippen LogP contribution >= 0.6 is 0 Å². The smallest absolute Gasteiger partial charge is 0.276 e. The first-order valence-corrected chi connectivity index (χ1v) is 12.2. The average Bonchev–Trinajstić information content (AvgIpc) is 3.48. The van der Waals surface area contributed by atoms with Gasteiger partial charge in [-0.25, -0.2) is 22.9 Å². The third-order valence-corrected chi connectivity index (χ3v) is 6.64. The fourth-order valence-electron chi connectivity index (χ4n) is 4.50. The van der Waals surface area contributed by atoms with Gasteiger partial charge in [0.2, 0.25) is 11.8 Å². The Morgan fingerprint density at radius 3 is 2.73 bits per heavy atom. The van der Waals surface area contributed by atoms with E-state index in [-0.39, 0.29) is 55.7 Å². The Labute approximate surface area is 211 Å². The molecule has 11 nitrogen and oxygen atoms in total. The molecule has 1 aliphatic carbocycles. The van der Waals surface area contributed by atoms with E-state index in [4.69, 9.17) is 5.26 Å². The van der Waals surface area contributed by atoms with Crippen molar-refractivity contribution < 1.29 is 23.0 Å². The van der Waals surface area contributed by atoms with E-state index in [0.717, 1.165) is 5.56 Å². The first kappa shape index (κ1) is 26.1. The maximum atomic E-state index is 13.9. The highest BCUT2D eigenvalue weighted by atomic mass is 19.3. The number of unbranched alkanes of at least 4 members (excludes halogenated alkanes) is 1. The number of fused-ring (bicyclic) bond motifs is 1. The lowest BCUT2D eigenvalue weighted by molar-refractivity contribution is -0.121. The van der Waals surface area contributed by atoms with Gasteiger partial charge in [0, 0.05) is 25.7 Å². The van der Waals surface area contributed by atoms with Gasteiger partial charge in [0.05, 0.1) is 36.2 Å². The highest BCUT2D eigenvalue weighted by Gasteiger charge is 2.39. The fraction of sp³-hybridized carbons (Fsp3) is 0.542. The monoisotopic (exact) mass is 514 g/mol. The van der Waals surface area contributed by atoms with E-state index in [2.05, 4.69) is 35.7 Å². The van der Waals surface area contributed by atoms with Gasteiger partial charge in [-0.1, -0.05) is 5.16 Å². The summed E-state index contributed by atoms with van der Waals surface area (Å²) in [5, 5.41) is 26.1. The van der Waals surface area contributed by atoms with E-state index < -0.39 is 17.9 Å². The molecular weight excluding hydrogens is 486 g/mol. The number of hydrogen-bond donors (Lipinski definition) is 2. The van der Waals surface area contributed by atoms with E-state index >= 15 is 0 Å². The van der Waals surface area contributed by atoms with Crippen LogP contribution in [0.3, 0.4) is 0 Å². The van der Waals surface area contributed by atoms with Gasteiger partial charge in [0.1, 0.15) is 5.69 Å². The van der Waals surface area contributed by atoms with Crippen molar-refractivity contribution in [3.8, 4) is 6.07 Å². The summed E-state index contributed by atoms with van der Waals surface area (Å²) in [6, 6.07) is 2.80. The van der Waals surface area contributed by atoms with Crippen molar-refractivity contribution in [3.05, 3.63) is 41.1 Å². The number of aryl methyl sites for hydroxylation is 1. The van der Waals surface area contributed by atoms with Crippen LogP contribution in [0.15, 0.2) is 23.1 Å². The lowest BCUT2D eigenvalue weighted by atomic mass is 9.81. The van der Waals surface area contributed by atoms with Gasteiger partial charge in [-0.2, -0.15) is 10.4 Å². The number of imidazole rings is 1. The van der Waals surface area contributed by atoms with Gasteiger partial charge in [0.15, 0.2) is 11.3 Å². The fourth-order valence-corrected chi connectivity index (χ4v) is 4.50. The SMILES string of the molecule is Cc1nonc1C(=O)N[C@H](c1cn2ncc([C@@H](C)NC(=O)CCCC#N)cc2n1)C1CCC(F)(F)CC1. The van der Waals surface area contributed by atoms with Gasteiger partial charge in [-0.3, -0.25) is 9.59 Å². The number of aromatic nitrogens is 5. The Morgan fingerprint density at radius 1 is 1.30 bits per heavy atom. The molecule has 4 rings (SSSR count). The van der Waals surface area contributed by atoms with Crippen LogP contribution in [0.2, 0.25) is 0 Å². The van der Waals surface area contributed by atoms with E-state index in [1.807, 2.05) is 13.0 Å². The molecule has 2 amide bonds. The Hall–Kier alpha value is -3.95. The van der Waals surface area contributed by atoms with Crippen molar-refractivity contribution in [2.45, 2.75) is 76.8 Å². The molecule has 0 saturated heterocycles. The van der Waals surface area contributed by atoms with Gasteiger partial charge in [-0.05, 0) is 55.8 Å². The van der Waals surface area contributed by atoms with Gasteiger partial charge < -0.3 is 10.6 Å². The van der Waals surface area contributed by atoms with Crippen molar-refractivity contribution >= 4 is 17.5 Å². The molecule has 13 heteroatoms. The molecule has 37 heavy (non-hydrogen) atoms. The molecule has 0 radical (unpaired) electrons. The Kier molecular flexibility index (Phi) is 7.75. The summed E-state index contributed by atoms with van der Waals surface area (Å²) in [5.41, 5.74) is 2.03. The third-order valence-electron chi connectivity index (χ3n) is 6.64. The van der Waals surface area contributed by atoms with Crippen molar-refractivity contribution in [3.63, 3.8) is 0 Å². The summed E-state index contributed by atoms with van der Waals surface area (Å²) >= 11 is 0. The van der Waals surface area contributed by atoms with Crippen LogP contribution in [0.4, 0.5) is 8.78 Å². The minimum absolute atomic E-state index is 0.0228. The summed E-state index contributed by atoms with van der Waals surface area (Å²) < 4.78 is 33.9. The number of carbonyl (C=O) groups is 2. The number of nitriles is 1. The van der Waals surface area contributed by atoms with Crippen LogP contribution in [0.1, 0.15) is 91.4 Å². The lowest BCUT2D eigenvalue weighted by Gasteiger charge is -2.33. The topological polar surface area (TPSA) is 151 Å². The number of halogens is 2. The molecule has 0 aliphatic heterocycles. The molecule has 1 aliphatic rings. The predicted molar refractivity (Wildman–Crippen MR) is 125 cm³/mol. The normalized spacial score (nSPS) is 17.2. The van der Waals surface area contributed by atoms with E-state index in [1.54, 1.807) is 29.9 Å². The van der Waals surface area contributed by atoms with Gasteiger partial charge in [0.25, 0.3) is 5.91 Å². The quantitative estimate of drug-likeness (QED) is 0.411. The summed E-state index contributed by atoms with van der Waals surface area (Å²) in [5.74, 6) is -3.68. The van der Waals surface area contributed by atoms with Crippen LogP contribution in [0.5, 0.6) is 0 Å². The minimum Gasteiger partial charge on any atom is -0.350 e.